The highest BCUT2D eigenvalue weighted by Crippen LogP contribution is 2.21. The Morgan fingerprint density at radius 2 is 2.08 bits per heavy atom. The van der Waals surface area contributed by atoms with Gasteiger partial charge < -0.3 is 14.8 Å². The molecular weight excluding hydrogens is 346 g/mol. The topological polar surface area (TPSA) is 64.6 Å². The van der Waals surface area contributed by atoms with E-state index in [4.69, 9.17) is 9.47 Å². The number of carbonyl (C=O) groups excluding carboxylic acids is 2. The first kappa shape index (κ1) is 18.4. The molecule has 7 heteroatoms. The minimum absolute atomic E-state index is 0.0352. The van der Waals surface area contributed by atoms with Crippen LogP contribution in [0, 0.1) is 0 Å². The minimum Gasteiger partial charge on any atom is -0.496 e. The molecule has 1 N–H and O–H groups in total. The lowest BCUT2D eigenvalue weighted by Gasteiger charge is -2.10. The Labute approximate surface area is 149 Å². The van der Waals surface area contributed by atoms with E-state index < -0.39 is 5.97 Å². The van der Waals surface area contributed by atoms with Crippen LogP contribution in [-0.2, 0) is 21.8 Å². The number of benzene rings is 1. The van der Waals surface area contributed by atoms with Gasteiger partial charge in [0.05, 0.1) is 20.0 Å². The van der Waals surface area contributed by atoms with Gasteiger partial charge in [0.25, 0.3) is 0 Å². The van der Waals surface area contributed by atoms with Gasteiger partial charge in [-0.3, -0.25) is 4.79 Å². The van der Waals surface area contributed by atoms with E-state index in [0.717, 1.165) is 11.3 Å². The van der Waals surface area contributed by atoms with Gasteiger partial charge in [0.1, 0.15) is 11.3 Å². The number of hydrogen-bond donors (Lipinski definition) is 1. The van der Waals surface area contributed by atoms with Crippen molar-refractivity contribution in [1.82, 2.24) is 5.32 Å². The van der Waals surface area contributed by atoms with Crippen LogP contribution in [0.25, 0.3) is 0 Å². The SMILES string of the molecule is COC(=O)c1cc(CNC(=O)CSCc2cccs2)ccc1OC. The minimum atomic E-state index is -0.466. The van der Waals surface area contributed by atoms with Crippen molar-refractivity contribution in [3.05, 3.63) is 51.7 Å². The molecule has 0 atom stereocenters. The zero-order valence-corrected chi connectivity index (χ0v) is 15.2. The Hall–Kier alpha value is -1.99. The van der Waals surface area contributed by atoms with E-state index in [2.05, 4.69) is 11.4 Å². The molecule has 1 aromatic carbocycles. The predicted octanol–water partition coefficient (Wildman–Crippen LogP) is 3.09. The summed E-state index contributed by atoms with van der Waals surface area (Å²) in [5.41, 5.74) is 1.16. The van der Waals surface area contributed by atoms with Gasteiger partial charge in [-0.05, 0) is 29.1 Å². The number of hydrogen-bond acceptors (Lipinski definition) is 6. The fourth-order valence-corrected chi connectivity index (χ4v) is 3.72. The maximum absolute atomic E-state index is 11.9. The Morgan fingerprint density at radius 3 is 2.75 bits per heavy atom. The Morgan fingerprint density at radius 1 is 1.25 bits per heavy atom. The van der Waals surface area contributed by atoms with Crippen LogP contribution in [0.2, 0.25) is 0 Å². The molecule has 0 saturated carbocycles. The molecule has 2 rings (SSSR count). The number of methoxy groups -OCH3 is 2. The van der Waals surface area contributed by atoms with E-state index >= 15 is 0 Å². The molecule has 1 heterocycles. The normalized spacial score (nSPS) is 10.2. The number of carbonyl (C=O) groups is 2. The van der Waals surface area contributed by atoms with Crippen molar-refractivity contribution < 1.29 is 19.1 Å². The quantitative estimate of drug-likeness (QED) is 0.728. The fourth-order valence-electron chi connectivity index (χ4n) is 2.03. The van der Waals surface area contributed by atoms with Crippen LogP contribution in [0.3, 0.4) is 0 Å². The second-order valence-corrected chi connectivity index (χ2v) is 6.89. The monoisotopic (exact) mass is 365 g/mol. The summed E-state index contributed by atoms with van der Waals surface area (Å²) < 4.78 is 9.89. The third-order valence-corrected chi connectivity index (χ3v) is 5.26. The number of esters is 1. The number of thiophene rings is 1. The Kier molecular flexibility index (Phi) is 7.14. The van der Waals surface area contributed by atoms with Crippen LogP contribution in [-0.4, -0.2) is 31.8 Å². The highest BCUT2D eigenvalue weighted by Gasteiger charge is 2.13. The molecule has 24 heavy (non-hydrogen) atoms. The Bertz CT molecular complexity index is 686. The molecule has 5 nitrogen and oxygen atoms in total. The smallest absolute Gasteiger partial charge is 0.341 e. The number of thioether (sulfide) groups is 1. The van der Waals surface area contributed by atoms with Crippen LogP contribution in [0.4, 0.5) is 0 Å². The average molecular weight is 365 g/mol. The van der Waals surface area contributed by atoms with E-state index in [9.17, 15) is 9.59 Å². The first-order valence-corrected chi connectivity index (χ1v) is 9.29. The van der Waals surface area contributed by atoms with Crippen molar-refractivity contribution in [1.29, 1.82) is 0 Å². The van der Waals surface area contributed by atoms with Crippen molar-refractivity contribution in [3.8, 4) is 5.75 Å². The van der Waals surface area contributed by atoms with Gasteiger partial charge in [0.15, 0.2) is 0 Å². The van der Waals surface area contributed by atoms with Crippen LogP contribution in [0.1, 0.15) is 20.8 Å². The van der Waals surface area contributed by atoms with Crippen LogP contribution in [0.5, 0.6) is 5.75 Å². The second kappa shape index (κ2) is 9.34. The summed E-state index contributed by atoms with van der Waals surface area (Å²) in [4.78, 5) is 24.9. The highest BCUT2D eigenvalue weighted by atomic mass is 32.2. The third-order valence-electron chi connectivity index (χ3n) is 3.22. The maximum atomic E-state index is 11.9. The maximum Gasteiger partial charge on any atom is 0.341 e. The molecule has 2 aromatic rings. The first-order valence-electron chi connectivity index (χ1n) is 7.26. The lowest BCUT2D eigenvalue weighted by atomic mass is 10.1. The van der Waals surface area contributed by atoms with Gasteiger partial charge in [-0.1, -0.05) is 12.1 Å². The highest BCUT2D eigenvalue weighted by molar-refractivity contribution is 7.99. The molecule has 1 amide bonds. The number of nitrogens with one attached hydrogen (secondary N) is 1. The summed E-state index contributed by atoms with van der Waals surface area (Å²) in [6, 6.07) is 9.23. The summed E-state index contributed by atoms with van der Waals surface area (Å²) >= 11 is 3.26. The zero-order chi connectivity index (χ0) is 17.4. The molecule has 0 aliphatic carbocycles. The Balaban J connectivity index is 1.84. The van der Waals surface area contributed by atoms with E-state index in [1.807, 2.05) is 17.5 Å². The molecule has 0 fully saturated rings. The molecule has 0 spiro atoms. The van der Waals surface area contributed by atoms with Gasteiger partial charge in [0, 0.05) is 17.2 Å². The van der Waals surface area contributed by atoms with Crippen LogP contribution in [0.15, 0.2) is 35.7 Å². The van der Waals surface area contributed by atoms with Crippen molar-refractivity contribution in [2.45, 2.75) is 12.3 Å². The molecule has 0 aliphatic rings. The largest absolute Gasteiger partial charge is 0.496 e. The lowest BCUT2D eigenvalue weighted by molar-refractivity contribution is -0.118. The standard InChI is InChI=1S/C17H19NO4S2/c1-21-15-6-5-12(8-14(15)17(20)22-2)9-18-16(19)11-23-10-13-4-3-7-24-13/h3-8H,9-11H2,1-2H3,(H,18,19). The summed E-state index contributed by atoms with van der Waals surface area (Å²) in [7, 11) is 2.81. The summed E-state index contributed by atoms with van der Waals surface area (Å²) in [5, 5.41) is 4.88. The van der Waals surface area contributed by atoms with E-state index in [0.29, 0.717) is 23.6 Å². The van der Waals surface area contributed by atoms with Gasteiger partial charge >= 0.3 is 5.97 Å². The van der Waals surface area contributed by atoms with Crippen LogP contribution < -0.4 is 10.1 Å². The second-order valence-electron chi connectivity index (χ2n) is 4.88. The fraction of sp³-hybridized carbons (Fsp3) is 0.294. The average Bonchev–Trinajstić information content (AvgIpc) is 3.12. The van der Waals surface area contributed by atoms with Crippen molar-refractivity contribution in [2.75, 3.05) is 20.0 Å². The molecule has 0 aliphatic heterocycles. The van der Waals surface area contributed by atoms with Crippen molar-refractivity contribution in [2.24, 2.45) is 0 Å². The summed E-state index contributed by atoms with van der Waals surface area (Å²) in [6.45, 7) is 0.354. The van der Waals surface area contributed by atoms with Crippen LogP contribution >= 0.6 is 23.1 Å². The molecule has 0 unspecified atom stereocenters. The third kappa shape index (κ3) is 5.28. The van der Waals surface area contributed by atoms with Crippen molar-refractivity contribution in [3.63, 3.8) is 0 Å². The van der Waals surface area contributed by atoms with E-state index in [-0.39, 0.29) is 5.91 Å². The predicted molar refractivity (Wildman–Crippen MR) is 96.7 cm³/mol. The van der Waals surface area contributed by atoms with Gasteiger partial charge in [-0.15, -0.1) is 23.1 Å². The van der Waals surface area contributed by atoms with Gasteiger partial charge in [0.2, 0.25) is 5.91 Å². The van der Waals surface area contributed by atoms with Gasteiger partial charge in [-0.25, -0.2) is 4.79 Å². The van der Waals surface area contributed by atoms with E-state index in [1.54, 1.807) is 35.2 Å². The van der Waals surface area contributed by atoms with Gasteiger partial charge in [-0.2, -0.15) is 0 Å². The number of amides is 1. The number of ether oxygens (including phenoxy) is 2. The summed E-state index contributed by atoms with van der Waals surface area (Å²) in [6.07, 6.45) is 0. The first-order chi connectivity index (χ1) is 11.6. The molecule has 0 bridgehead atoms. The molecule has 128 valence electrons. The number of rotatable bonds is 8. The molecule has 0 saturated heterocycles. The van der Waals surface area contributed by atoms with E-state index in [1.165, 1.54) is 19.1 Å². The molecular formula is C17H19NO4S2. The lowest BCUT2D eigenvalue weighted by Crippen LogP contribution is -2.24. The zero-order valence-electron chi connectivity index (χ0n) is 13.5. The molecule has 0 radical (unpaired) electrons. The van der Waals surface area contributed by atoms with Crippen molar-refractivity contribution >= 4 is 35.0 Å². The summed E-state index contributed by atoms with van der Waals surface area (Å²) in [5.74, 6) is 1.18. The molecule has 1 aromatic heterocycles.